The van der Waals surface area contributed by atoms with Gasteiger partial charge in [-0.1, -0.05) is 35.9 Å². The van der Waals surface area contributed by atoms with Crippen molar-refractivity contribution >= 4 is 0 Å². The van der Waals surface area contributed by atoms with Crippen molar-refractivity contribution in [1.29, 1.82) is 0 Å². The maximum Gasteiger partial charge on any atom is 0 e. The monoisotopic (exact) mass is 182 g/mol. The van der Waals surface area contributed by atoms with E-state index in [1.54, 1.807) is 0 Å². The van der Waals surface area contributed by atoms with Crippen molar-refractivity contribution in [3.63, 3.8) is 0 Å². The zero-order chi connectivity index (χ0) is 5.11. The first-order valence-corrected chi connectivity index (χ1v) is 2.41. The summed E-state index contributed by atoms with van der Waals surface area (Å²) >= 11 is 0. The normalized spacial score (nSPS) is 7.62. The fraction of sp³-hybridized carbons (Fsp3) is 0.143. The zero-order valence-corrected chi connectivity index (χ0v) is 7.34. The predicted octanol–water partition coefficient (Wildman–Crippen LogP) is 1.99. The molecule has 0 aliphatic carbocycles. The Morgan fingerprint density at radius 2 is 1.50 bits per heavy atom. The smallest absolute Gasteiger partial charge is 0 e. The van der Waals surface area contributed by atoms with E-state index < -0.39 is 0 Å². The SMILES string of the molecule is Cc1ccccc1.[Zr]. The molecular formula is C7H8Zr. The molecule has 0 bridgehead atoms. The largest absolute Gasteiger partial charge is 0.0622 e. The fourth-order valence-electron chi connectivity index (χ4n) is 0.534. The van der Waals surface area contributed by atoms with Crippen LogP contribution in [0.25, 0.3) is 0 Å². The summed E-state index contributed by atoms with van der Waals surface area (Å²) in [5, 5.41) is 0. The standard InChI is InChI=1S/C7H8.Zr/c1-7-5-3-2-4-6-7;/h2-6H,1H3;. The Hall–Kier alpha value is 0.103. The number of rotatable bonds is 0. The van der Waals surface area contributed by atoms with Crippen LogP contribution in [0.1, 0.15) is 5.56 Å². The molecule has 0 amide bonds. The summed E-state index contributed by atoms with van der Waals surface area (Å²) in [5.74, 6) is 0. The first-order chi connectivity index (χ1) is 3.39. The van der Waals surface area contributed by atoms with Gasteiger partial charge in [-0.15, -0.1) is 0 Å². The molecule has 0 aromatic heterocycles. The van der Waals surface area contributed by atoms with Crippen molar-refractivity contribution in [1.82, 2.24) is 0 Å². The Balaban J connectivity index is 0.000000490. The third-order valence-electron chi connectivity index (χ3n) is 0.940. The van der Waals surface area contributed by atoms with Gasteiger partial charge >= 0.3 is 0 Å². The average Bonchev–Trinajstić information content (AvgIpc) is 1.69. The van der Waals surface area contributed by atoms with Crippen LogP contribution in [0, 0.1) is 6.92 Å². The van der Waals surface area contributed by atoms with E-state index in [-0.39, 0.29) is 26.2 Å². The van der Waals surface area contributed by atoms with E-state index in [2.05, 4.69) is 19.1 Å². The molecule has 8 heavy (non-hydrogen) atoms. The number of hydrogen-bond acceptors (Lipinski definition) is 0. The molecule has 0 aliphatic heterocycles. The van der Waals surface area contributed by atoms with Gasteiger partial charge in [0.05, 0.1) is 0 Å². The van der Waals surface area contributed by atoms with Crippen LogP contribution in [0.5, 0.6) is 0 Å². The van der Waals surface area contributed by atoms with Gasteiger partial charge in [-0.25, -0.2) is 0 Å². The summed E-state index contributed by atoms with van der Waals surface area (Å²) in [6, 6.07) is 10.3. The van der Waals surface area contributed by atoms with Crippen molar-refractivity contribution in [3.05, 3.63) is 35.9 Å². The van der Waals surface area contributed by atoms with E-state index in [4.69, 9.17) is 0 Å². The van der Waals surface area contributed by atoms with Crippen LogP contribution in [0.3, 0.4) is 0 Å². The molecule has 1 aromatic carbocycles. The quantitative estimate of drug-likeness (QED) is 0.577. The van der Waals surface area contributed by atoms with Gasteiger partial charge in [-0.2, -0.15) is 0 Å². The molecule has 0 nitrogen and oxygen atoms in total. The summed E-state index contributed by atoms with van der Waals surface area (Å²) < 4.78 is 0. The summed E-state index contributed by atoms with van der Waals surface area (Å²) in [6.45, 7) is 2.08. The first kappa shape index (κ1) is 8.10. The van der Waals surface area contributed by atoms with Crippen LogP contribution in [0.15, 0.2) is 30.3 Å². The molecule has 0 saturated carbocycles. The Morgan fingerprint density at radius 3 is 1.75 bits per heavy atom. The van der Waals surface area contributed by atoms with Gasteiger partial charge in [0, 0.05) is 26.2 Å². The third-order valence-corrected chi connectivity index (χ3v) is 0.940. The van der Waals surface area contributed by atoms with E-state index in [1.807, 2.05) is 18.2 Å². The van der Waals surface area contributed by atoms with Crippen molar-refractivity contribution in [3.8, 4) is 0 Å². The average molecular weight is 183 g/mol. The second-order valence-electron chi connectivity index (χ2n) is 1.65. The van der Waals surface area contributed by atoms with Crippen LogP contribution in [0.2, 0.25) is 0 Å². The molecule has 0 atom stereocenters. The molecule has 1 heteroatoms. The fourth-order valence-corrected chi connectivity index (χ4v) is 0.534. The Kier molecular flexibility index (Phi) is 4.08. The number of hydrogen-bond donors (Lipinski definition) is 0. The van der Waals surface area contributed by atoms with Crippen molar-refractivity contribution in [2.45, 2.75) is 6.92 Å². The van der Waals surface area contributed by atoms with Crippen LogP contribution >= 0.6 is 0 Å². The molecule has 1 aromatic rings. The topological polar surface area (TPSA) is 0 Å². The molecule has 0 fully saturated rings. The van der Waals surface area contributed by atoms with E-state index in [9.17, 15) is 0 Å². The van der Waals surface area contributed by atoms with Gasteiger partial charge in [0.2, 0.25) is 0 Å². The molecular weight excluding hydrogens is 175 g/mol. The van der Waals surface area contributed by atoms with Crippen molar-refractivity contribution in [2.75, 3.05) is 0 Å². The summed E-state index contributed by atoms with van der Waals surface area (Å²) in [4.78, 5) is 0. The van der Waals surface area contributed by atoms with Gasteiger partial charge in [0.15, 0.2) is 0 Å². The molecule has 0 heterocycles. The molecule has 0 saturated heterocycles. The first-order valence-electron chi connectivity index (χ1n) is 2.41. The van der Waals surface area contributed by atoms with Gasteiger partial charge in [-0.05, 0) is 6.92 Å². The molecule has 0 N–H and O–H groups in total. The third kappa shape index (κ3) is 2.42. The Labute approximate surface area is 69.0 Å². The maximum atomic E-state index is 2.08. The van der Waals surface area contributed by atoms with Gasteiger partial charge in [0.25, 0.3) is 0 Å². The van der Waals surface area contributed by atoms with Crippen molar-refractivity contribution in [2.24, 2.45) is 0 Å². The van der Waals surface area contributed by atoms with E-state index in [0.717, 1.165) is 0 Å². The predicted molar refractivity (Wildman–Crippen MR) is 31.2 cm³/mol. The number of benzene rings is 1. The maximum absolute atomic E-state index is 2.08. The van der Waals surface area contributed by atoms with Crippen molar-refractivity contribution < 1.29 is 26.2 Å². The summed E-state index contributed by atoms with van der Waals surface area (Å²) in [5.41, 5.74) is 1.32. The van der Waals surface area contributed by atoms with Gasteiger partial charge in [-0.3, -0.25) is 0 Å². The van der Waals surface area contributed by atoms with E-state index in [1.165, 1.54) is 5.56 Å². The zero-order valence-electron chi connectivity index (χ0n) is 4.89. The minimum Gasteiger partial charge on any atom is -0.0622 e. The minimum absolute atomic E-state index is 0. The molecule has 1 rings (SSSR count). The van der Waals surface area contributed by atoms with Gasteiger partial charge < -0.3 is 0 Å². The van der Waals surface area contributed by atoms with Gasteiger partial charge in [0.1, 0.15) is 0 Å². The second-order valence-corrected chi connectivity index (χ2v) is 1.65. The van der Waals surface area contributed by atoms with E-state index >= 15 is 0 Å². The molecule has 0 spiro atoms. The van der Waals surface area contributed by atoms with Crippen LogP contribution in [-0.2, 0) is 26.2 Å². The molecule has 0 unspecified atom stereocenters. The summed E-state index contributed by atoms with van der Waals surface area (Å²) in [6.07, 6.45) is 0. The second kappa shape index (κ2) is 4.03. The summed E-state index contributed by atoms with van der Waals surface area (Å²) in [7, 11) is 0. The van der Waals surface area contributed by atoms with Crippen LogP contribution in [0.4, 0.5) is 0 Å². The number of aryl methyl sites for hydroxylation is 1. The Bertz CT molecular complexity index is 134. The van der Waals surface area contributed by atoms with Crippen LogP contribution < -0.4 is 0 Å². The molecule has 0 aliphatic rings. The van der Waals surface area contributed by atoms with Crippen LogP contribution in [-0.4, -0.2) is 0 Å². The molecule has 40 valence electrons. The molecule has 0 radical (unpaired) electrons. The Morgan fingerprint density at radius 1 is 1.00 bits per heavy atom. The van der Waals surface area contributed by atoms with E-state index in [0.29, 0.717) is 0 Å². The minimum atomic E-state index is 0.